The summed E-state index contributed by atoms with van der Waals surface area (Å²) in [5.41, 5.74) is 2.17. The van der Waals surface area contributed by atoms with Crippen molar-refractivity contribution in [2.75, 3.05) is 25.2 Å². The lowest BCUT2D eigenvalue weighted by molar-refractivity contribution is -0.127. The standard InChI is InChI=1S/C24H23FN6O3/c1-34-14-13-27-24(33)23(17-5-4-12-26-15-17)31(19-10-8-18(25)9-11-19)22(32)16-30-21-7-3-2-6-20(21)28-29-30/h2-12,15,23H,13-14,16H2,1H3,(H,27,33). The van der Waals surface area contributed by atoms with Gasteiger partial charge >= 0.3 is 0 Å². The molecule has 2 aromatic heterocycles. The van der Waals surface area contributed by atoms with Crippen LogP contribution in [0.15, 0.2) is 73.1 Å². The summed E-state index contributed by atoms with van der Waals surface area (Å²) in [6.07, 6.45) is 3.10. The molecule has 2 amide bonds. The Balaban J connectivity index is 1.75. The molecule has 2 aromatic carbocycles. The maximum absolute atomic E-state index is 13.7. The number of nitrogens with one attached hydrogen (secondary N) is 1. The number of benzene rings is 2. The van der Waals surface area contributed by atoms with Gasteiger partial charge in [0, 0.05) is 37.3 Å². The molecule has 2 heterocycles. The SMILES string of the molecule is COCCNC(=O)C(c1cccnc1)N(C(=O)Cn1nnc2ccccc21)c1ccc(F)cc1. The number of hydrogen-bond acceptors (Lipinski definition) is 6. The van der Waals surface area contributed by atoms with Gasteiger partial charge in [-0.25, -0.2) is 9.07 Å². The van der Waals surface area contributed by atoms with Crippen LogP contribution in [0.5, 0.6) is 0 Å². The molecule has 10 heteroatoms. The molecule has 1 unspecified atom stereocenters. The van der Waals surface area contributed by atoms with Crippen molar-refractivity contribution < 1.29 is 18.7 Å². The van der Waals surface area contributed by atoms with Gasteiger partial charge in [0.05, 0.1) is 12.1 Å². The van der Waals surface area contributed by atoms with Crippen LogP contribution in [0.3, 0.4) is 0 Å². The van der Waals surface area contributed by atoms with E-state index in [0.717, 1.165) is 0 Å². The minimum Gasteiger partial charge on any atom is -0.383 e. The fourth-order valence-corrected chi connectivity index (χ4v) is 3.61. The zero-order valence-electron chi connectivity index (χ0n) is 18.5. The predicted molar refractivity (Wildman–Crippen MR) is 123 cm³/mol. The third-order valence-corrected chi connectivity index (χ3v) is 5.19. The van der Waals surface area contributed by atoms with E-state index in [1.807, 2.05) is 12.1 Å². The first-order chi connectivity index (χ1) is 16.6. The number of methoxy groups -OCH3 is 1. The van der Waals surface area contributed by atoms with Gasteiger partial charge in [-0.15, -0.1) is 5.10 Å². The van der Waals surface area contributed by atoms with Gasteiger partial charge < -0.3 is 10.1 Å². The molecule has 0 bridgehead atoms. The summed E-state index contributed by atoms with van der Waals surface area (Å²) in [5, 5.41) is 11.0. The van der Waals surface area contributed by atoms with Crippen molar-refractivity contribution in [3.63, 3.8) is 0 Å². The number of fused-ring (bicyclic) bond motifs is 1. The van der Waals surface area contributed by atoms with E-state index in [1.54, 1.807) is 30.5 Å². The Morgan fingerprint density at radius 3 is 2.65 bits per heavy atom. The maximum Gasteiger partial charge on any atom is 0.249 e. The lowest BCUT2D eigenvalue weighted by Gasteiger charge is -2.31. The fourth-order valence-electron chi connectivity index (χ4n) is 3.61. The van der Waals surface area contributed by atoms with Crippen molar-refractivity contribution >= 4 is 28.5 Å². The van der Waals surface area contributed by atoms with Crippen LogP contribution in [0.4, 0.5) is 10.1 Å². The third kappa shape index (κ3) is 5.07. The Bertz CT molecular complexity index is 1260. The van der Waals surface area contributed by atoms with Crippen LogP contribution >= 0.6 is 0 Å². The number of anilines is 1. The van der Waals surface area contributed by atoms with Gasteiger partial charge in [0.15, 0.2) is 0 Å². The monoisotopic (exact) mass is 462 g/mol. The number of pyridine rings is 1. The fraction of sp³-hybridized carbons (Fsp3) is 0.208. The molecule has 4 aromatic rings. The molecule has 34 heavy (non-hydrogen) atoms. The van der Waals surface area contributed by atoms with E-state index in [0.29, 0.717) is 28.9 Å². The Kier molecular flexibility index (Phi) is 7.19. The molecule has 0 aliphatic heterocycles. The van der Waals surface area contributed by atoms with Crippen LogP contribution in [-0.2, 0) is 20.9 Å². The number of para-hydroxylation sites is 1. The second kappa shape index (κ2) is 10.6. The van der Waals surface area contributed by atoms with Crippen molar-refractivity contribution in [3.8, 4) is 0 Å². The lowest BCUT2D eigenvalue weighted by Crippen LogP contribution is -2.46. The number of halogens is 1. The highest BCUT2D eigenvalue weighted by Crippen LogP contribution is 2.28. The lowest BCUT2D eigenvalue weighted by atomic mass is 10.0. The molecule has 1 N–H and O–H groups in total. The van der Waals surface area contributed by atoms with E-state index < -0.39 is 23.7 Å². The zero-order valence-corrected chi connectivity index (χ0v) is 18.5. The van der Waals surface area contributed by atoms with Crippen LogP contribution in [0.25, 0.3) is 11.0 Å². The molecule has 0 aliphatic carbocycles. The summed E-state index contributed by atoms with van der Waals surface area (Å²) in [7, 11) is 1.53. The van der Waals surface area contributed by atoms with Crippen molar-refractivity contribution in [2.45, 2.75) is 12.6 Å². The quantitative estimate of drug-likeness (QED) is 0.384. The van der Waals surface area contributed by atoms with Gasteiger partial charge in [0.2, 0.25) is 11.8 Å². The van der Waals surface area contributed by atoms with Crippen molar-refractivity contribution in [2.24, 2.45) is 0 Å². The number of rotatable bonds is 9. The van der Waals surface area contributed by atoms with E-state index in [-0.39, 0.29) is 13.1 Å². The van der Waals surface area contributed by atoms with E-state index in [2.05, 4.69) is 20.6 Å². The summed E-state index contributed by atoms with van der Waals surface area (Å²) in [4.78, 5) is 32.5. The van der Waals surface area contributed by atoms with Crippen molar-refractivity contribution in [1.82, 2.24) is 25.3 Å². The highest BCUT2D eigenvalue weighted by molar-refractivity contribution is 6.01. The van der Waals surface area contributed by atoms with E-state index >= 15 is 0 Å². The topological polar surface area (TPSA) is 102 Å². The molecule has 174 valence electrons. The summed E-state index contributed by atoms with van der Waals surface area (Å²) < 4.78 is 20.2. The molecular weight excluding hydrogens is 439 g/mol. The Morgan fingerprint density at radius 2 is 1.91 bits per heavy atom. The summed E-state index contributed by atoms with van der Waals surface area (Å²) in [5.74, 6) is -1.31. The van der Waals surface area contributed by atoms with Crippen LogP contribution in [-0.4, -0.2) is 52.1 Å². The molecule has 0 radical (unpaired) electrons. The molecule has 0 fully saturated rings. The van der Waals surface area contributed by atoms with Crippen molar-refractivity contribution in [3.05, 3.63) is 84.4 Å². The van der Waals surface area contributed by atoms with Crippen LogP contribution in [0.1, 0.15) is 11.6 Å². The molecule has 9 nitrogen and oxygen atoms in total. The average molecular weight is 462 g/mol. The van der Waals surface area contributed by atoms with Crippen molar-refractivity contribution in [1.29, 1.82) is 0 Å². The van der Waals surface area contributed by atoms with Gasteiger partial charge in [-0.05, 0) is 42.5 Å². The first-order valence-electron chi connectivity index (χ1n) is 10.6. The Morgan fingerprint density at radius 1 is 1.12 bits per heavy atom. The molecule has 0 saturated heterocycles. The predicted octanol–water partition coefficient (Wildman–Crippen LogP) is 2.50. The second-order valence-corrected chi connectivity index (χ2v) is 7.45. The highest BCUT2D eigenvalue weighted by Gasteiger charge is 2.33. The molecule has 0 saturated carbocycles. The molecule has 0 spiro atoms. The van der Waals surface area contributed by atoms with Gasteiger partial charge in [-0.1, -0.05) is 23.4 Å². The normalized spacial score (nSPS) is 11.8. The highest BCUT2D eigenvalue weighted by atomic mass is 19.1. The van der Waals surface area contributed by atoms with Gasteiger partial charge in [-0.2, -0.15) is 0 Å². The number of aromatic nitrogens is 4. The van der Waals surface area contributed by atoms with Crippen LogP contribution in [0.2, 0.25) is 0 Å². The largest absolute Gasteiger partial charge is 0.383 e. The minimum atomic E-state index is -1.06. The number of carbonyl (C=O) groups excluding carboxylic acids is 2. The molecule has 4 rings (SSSR count). The van der Waals surface area contributed by atoms with E-state index in [9.17, 15) is 14.0 Å². The molecule has 0 aliphatic rings. The number of hydrogen-bond donors (Lipinski definition) is 1. The smallest absolute Gasteiger partial charge is 0.249 e. The first-order valence-corrected chi connectivity index (χ1v) is 10.6. The third-order valence-electron chi connectivity index (χ3n) is 5.19. The summed E-state index contributed by atoms with van der Waals surface area (Å²) in [6, 6.07) is 15.0. The number of nitrogens with zero attached hydrogens (tertiary/aromatic N) is 5. The maximum atomic E-state index is 13.7. The number of carbonyl (C=O) groups is 2. The average Bonchev–Trinajstić information content (AvgIpc) is 3.26. The Hall–Kier alpha value is -4.18. The Labute approximate surface area is 195 Å². The van der Waals surface area contributed by atoms with Gasteiger partial charge in [0.25, 0.3) is 0 Å². The molecular formula is C24H23FN6O3. The zero-order chi connectivity index (χ0) is 23.9. The summed E-state index contributed by atoms with van der Waals surface area (Å²) >= 11 is 0. The van der Waals surface area contributed by atoms with Crippen LogP contribution < -0.4 is 10.2 Å². The molecule has 1 atom stereocenters. The summed E-state index contributed by atoms with van der Waals surface area (Å²) in [6.45, 7) is 0.381. The minimum absolute atomic E-state index is 0.181. The van der Waals surface area contributed by atoms with Crippen LogP contribution in [0, 0.1) is 5.82 Å². The second-order valence-electron chi connectivity index (χ2n) is 7.45. The van der Waals surface area contributed by atoms with Gasteiger partial charge in [-0.3, -0.25) is 19.5 Å². The van der Waals surface area contributed by atoms with E-state index in [4.69, 9.17) is 4.74 Å². The van der Waals surface area contributed by atoms with Gasteiger partial charge in [0.1, 0.15) is 23.9 Å². The number of ether oxygens (including phenoxy) is 1. The first kappa shape index (κ1) is 23.0. The van der Waals surface area contributed by atoms with E-state index in [1.165, 1.54) is 47.2 Å². The number of amides is 2.